The van der Waals surface area contributed by atoms with Crippen LogP contribution in [0.5, 0.6) is 5.88 Å². The molecule has 4 rings (SSSR count). The Hall–Kier alpha value is -3.13. The number of amidine groups is 1. The van der Waals surface area contributed by atoms with Crippen LogP contribution in [0.15, 0.2) is 48.0 Å². The number of rotatable bonds is 4. The minimum Gasteiger partial charge on any atom is -0.479 e. The molecule has 0 bridgehead atoms. The van der Waals surface area contributed by atoms with E-state index < -0.39 is 5.82 Å². The van der Waals surface area contributed by atoms with Gasteiger partial charge in [0.2, 0.25) is 5.88 Å². The highest BCUT2D eigenvalue weighted by Gasteiger charge is 2.28. The molecule has 0 amide bonds. The summed E-state index contributed by atoms with van der Waals surface area (Å²) in [5, 5.41) is 7.47. The van der Waals surface area contributed by atoms with Crippen LogP contribution in [0.4, 0.5) is 4.39 Å². The Labute approximate surface area is 172 Å². The molecule has 1 aliphatic rings. The molecule has 2 aromatic heterocycles. The summed E-state index contributed by atoms with van der Waals surface area (Å²) >= 11 is 5.80. The Bertz CT molecular complexity index is 1080. The number of nitrogens with one attached hydrogen (secondary N) is 1. The molecule has 1 aromatic carbocycles. The van der Waals surface area contributed by atoms with Crippen molar-refractivity contribution in [2.24, 2.45) is 5.16 Å². The lowest BCUT2D eigenvalue weighted by atomic mass is 10.0. The highest BCUT2D eigenvalue weighted by atomic mass is 35.5. The number of hydrogen-bond acceptors (Lipinski definition) is 6. The molecule has 9 heteroatoms. The number of halogens is 2. The predicted molar refractivity (Wildman–Crippen MR) is 107 cm³/mol. The fraction of sp³-hybridized carbons (Fsp3) is 0.250. The lowest BCUT2D eigenvalue weighted by Crippen LogP contribution is -2.41. The maximum absolute atomic E-state index is 13.9. The second kappa shape index (κ2) is 7.71. The van der Waals surface area contributed by atoms with Gasteiger partial charge < -0.3 is 19.5 Å². The molecule has 0 spiro atoms. The van der Waals surface area contributed by atoms with Crippen molar-refractivity contribution >= 4 is 17.4 Å². The van der Waals surface area contributed by atoms with Crippen LogP contribution in [0.1, 0.15) is 29.9 Å². The molecule has 0 saturated heterocycles. The quantitative estimate of drug-likeness (QED) is 0.701. The van der Waals surface area contributed by atoms with Gasteiger partial charge in [-0.1, -0.05) is 22.8 Å². The van der Waals surface area contributed by atoms with Crippen LogP contribution in [0, 0.1) is 12.7 Å². The third kappa shape index (κ3) is 3.75. The molecule has 3 aromatic rings. The van der Waals surface area contributed by atoms with Crippen LogP contribution in [-0.4, -0.2) is 33.6 Å². The van der Waals surface area contributed by atoms with Gasteiger partial charge in [0.1, 0.15) is 23.3 Å². The van der Waals surface area contributed by atoms with E-state index >= 15 is 0 Å². The highest BCUT2D eigenvalue weighted by molar-refractivity contribution is 6.30. The van der Waals surface area contributed by atoms with Crippen molar-refractivity contribution < 1.29 is 14.0 Å². The summed E-state index contributed by atoms with van der Waals surface area (Å²) in [4.78, 5) is 14.3. The highest BCUT2D eigenvalue weighted by Crippen LogP contribution is 2.27. The maximum Gasteiger partial charge on any atom is 0.238 e. The summed E-state index contributed by atoms with van der Waals surface area (Å²) in [6.07, 6.45) is 3.26. The minimum atomic E-state index is -0.484. The molecule has 150 valence electrons. The summed E-state index contributed by atoms with van der Waals surface area (Å²) in [7, 11) is 1.55. The van der Waals surface area contributed by atoms with Gasteiger partial charge in [0, 0.05) is 6.20 Å². The second-order valence-electron chi connectivity index (χ2n) is 6.69. The monoisotopic (exact) mass is 415 g/mol. The maximum atomic E-state index is 13.9. The van der Waals surface area contributed by atoms with E-state index in [0.717, 1.165) is 11.4 Å². The van der Waals surface area contributed by atoms with Crippen molar-refractivity contribution in [1.82, 2.24) is 19.9 Å². The third-order valence-corrected chi connectivity index (χ3v) is 4.95. The fourth-order valence-electron chi connectivity index (χ4n) is 3.13. The van der Waals surface area contributed by atoms with E-state index in [4.69, 9.17) is 21.2 Å². The average Bonchev–Trinajstić information content (AvgIpc) is 3.16. The van der Waals surface area contributed by atoms with E-state index in [1.165, 1.54) is 12.1 Å². The van der Waals surface area contributed by atoms with E-state index in [1.807, 2.05) is 30.7 Å². The number of methoxy groups -OCH3 is 1. The van der Waals surface area contributed by atoms with E-state index in [0.29, 0.717) is 23.0 Å². The molecule has 0 unspecified atom stereocenters. The molecular formula is C20H19ClFN5O2. The van der Waals surface area contributed by atoms with Crippen LogP contribution >= 0.6 is 11.6 Å². The second-order valence-corrected chi connectivity index (χ2v) is 7.10. The number of pyridine rings is 1. The average molecular weight is 416 g/mol. The number of aromatic nitrogens is 3. The number of hydrogen-bond donors (Lipinski definition) is 1. The van der Waals surface area contributed by atoms with Crippen LogP contribution in [-0.2, 0) is 4.84 Å². The molecule has 1 N–H and O–H groups in total. The summed E-state index contributed by atoms with van der Waals surface area (Å²) in [5.74, 6) is 0.356. The molecule has 0 radical (unpaired) electrons. The first-order valence-corrected chi connectivity index (χ1v) is 9.35. The molecule has 0 saturated carbocycles. The van der Waals surface area contributed by atoms with Crippen LogP contribution < -0.4 is 10.1 Å². The number of benzene rings is 1. The smallest absolute Gasteiger partial charge is 0.238 e. The van der Waals surface area contributed by atoms with Gasteiger partial charge >= 0.3 is 0 Å². The summed E-state index contributed by atoms with van der Waals surface area (Å²) in [5.41, 5.74) is 2.87. The van der Waals surface area contributed by atoms with Crippen LogP contribution in [0.25, 0.3) is 5.69 Å². The first kappa shape index (κ1) is 19.2. The van der Waals surface area contributed by atoms with Gasteiger partial charge in [-0.3, -0.25) is 0 Å². The number of aryl methyl sites for hydroxylation is 1. The van der Waals surface area contributed by atoms with Gasteiger partial charge in [0.05, 0.1) is 30.2 Å². The number of nitrogens with zero attached hydrogens (tertiary/aromatic N) is 4. The predicted octanol–water partition coefficient (Wildman–Crippen LogP) is 3.79. The normalized spacial score (nSPS) is 18.6. The van der Waals surface area contributed by atoms with Crippen molar-refractivity contribution in [1.29, 1.82) is 0 Å². The van der Waals surface area contributed by atoms with Gasteiger partial charge in [0.25, 0.3) is 0 Å². The number of imidazole rings is 1. The molecule has 0 aliphatic carbocycles. The molecular weight excluding hydrogens is 397 g/mol. The first-order chi connectivity index (χ1) is 14.0. The first-order valence-electron chi connectivity index (χ1n) is 8.98. The summed E-state index contributed by atoms with van der Waals surface area (Å²) in [6.45, 7) is 3.76. The molecule has 0 fully saturated rings. The standard InChI is InChI=1S/C20H19ClFN5O2/c1-11-9-27(10-23-11)17-7-6-16(24-20(17)28-3)19-25-18(12(2)29-26-19)13-4-5-14(21)15(22)8-13/h4-10,12,18H,1-3H3,(H,25,26)/t12-,18-/m0/s1. The van der Waals surface area contributed by atoms with Crippen molar-refractivity contribution in [2.45, 2.75) is 26.0 Å². The van der Waals surface area contributed by atoms with E-state index in [1.54, 1.807) is 25.6 Å². The van der Waals surface area contributed by atoms with Crippen molar-refractivity contribution in [2.75, 3.05) is 7.11 Å². The largest absolute Gasteiger partial charge is 0.479 e. The van der Waals surface area contributed by atoms with Gasteiger partial charge in [-0.25, -0.2) is 14.4 Å². The van der Waals surface area contributed by atoms with Crippen molar-refractivity contribution in [3.05, 3.63) is 70.6 Å². The zero-order valence-corrected chi connectivity index (χ0v) is 16.8. The van der Waals surface area contributed by atoms with E-state index in [-0.39, 0.29) is 17.2 Å². The summed E-state index contributed by atoms with van der Waals surface area (Å²) in [6, 6.07) is 8.01. The molecule has 1 aliphatic heterocycles. The van der Waals surface area contributed by atoms with E-state index in [9.17, 15) is 4.39 Å². The fourth-order valence-corrected chi connectivity index (χ4v) is 3.25. The summed E-state index contributed by atoms with van der Waals surface area (Å²) < 4.78 is 21.2. The molecule has 2 atom stereocenters. The van der Waals surface area contributed by atoms with Crippen molar-refractivity contribution in [3.8, 4) is 11.6 Å². The minimum absolute atomic E-state index is 0.0729. The number of oxime groups is 1. The van der Waals surface area contributed by atoms with Crippen LogP contribution in [0.2, 0.25) is 5.02 Å². The Kier molecular flexibility index (Phi) is 5.10. The SMILES string of the molecule is COc1nc(C2=NO[C@@H](C)[C@@H](c3ccc(Cl)c(F)c3)N2)ccc1-n1cnc(C)c1. The lowest BCUT2D eigenvalue weighted by Gasteiger charge is -2.29. The van der Waals surface area contributed by atoms with Crippen LogP contribution in [0.3, 0.4) is 0 Å². The zero-order chi connectivity index (χ0) is 20.5. The lowest BCUT2D eigenvalue weighted by molar-refractivity contribution is 0.0341. The molecule has 3 heterocycles. The zero-order valence-electron chi connectivity index (χ0n) is 16.1. The Morgan fingerprint density at radius 1 is 1.28 bits per heavy atom. The third-order valence-electron chi connectivity index (χ3n) is 4.64. The molecule has 29 heavy (non-hydrogen) atoms. The van der Waals surface area contributed by atoms with Gasteiger partial charge in [-0.05, 0) is 43.7 Å². The van der Waals surface area contributed by atoms with E-state index in [2.05, 4.69) is 20.4 Å². The Morgan fingerprint density at radius 3 is 2.79 bits per heavy atom. The molecule has 7 nitrogen and oxygen atoms in total. The van der Waals surface area contributed by atoms with Gasteiger partial charge in [-0.2, -0.15) is 0 Å². The number of ether oxygens (including phenoxy) is 1. The van der Waals surface area contributed by atoms with Crippen molar-refractivity contribution in [3.63, 3.8) is 0 Å². The van der Waals surface area contributed by atoms with Gasteiger partial charge in [-0.15, -0.1) is 0 Å². The Balaban J connectivity index is 1.65. The topological polar surface area (TPSA) is 73.6 Å². The van der Waals surface area contributed by atoms with Gasteiger partial charge in [0.15, 0.2) is 5.84 Å². The Morgan fingerprint density at radius 2 is 2.10 bits per heavy atom.